The van der Waals surface area contributed by atoms with Crippen molar-refractivity contribution in [3.05, 3.63) is 53.6 Å². The zero-order chi connectivity index (χ0) is 10.3. The third-order valence-corrected chi connectivity index (χ3v) is 2.54. The van der Waals surface area contributed by atoms with Gasteiger partial charge >= 0.3 is 5.71 Å². The second kappa shape index (κ2) is 2.83. The molecule has 2 aromatic heterocycles. The molecular weight excluding hydrogens is 188 g/mol. The van der Waals surface area contributed by atoms with E-state index < -0.39 is 0 Å². The zero-order valence-corrected chi connectivity index (χ0v) is 7.75. The second-order valence-corrected chi connectivity index (χ2v) is 3.29. The van der Waals surface area contributed by atoms with Crippen LogP contribution in [-0.2, 0) is 0 Å². The molecule has 70 valence electrons. The zero-order valence-electron chi connectivity index (χ0n) is 7.75. The lowest BCUT2D eigenvalue weighted by Gasteiger charge is -1.94. The Morgan fingerprint density at radius 3 is 1.87 bits per heavy atom. The SMILES string of the molecule is [N-]=[N+]=C1c2cnccc2-c2ccncc21. The van der Waals surface area contributed by atoms with Crippen molar-refractivity contribution >= 4 is 5.71 Å². The van der Waals surface area contributed by atoms with Gasteiger partial charge in [-0.3, -0.25) is 9.97 Å². The molecule has 0 unspecified atom stereocenters. The first-order valence-corrected chi connectivity index (χ1v) is 4.53. The number of rotatable bonds is 0. The van der Waals surface area contributed by atoms with Crippen LogP contribution in [0.1, 0.15) is 11.1 Å². The topological polar surface area (TPSA) is 62.2 Å². The van der Waals surface area contributed by atoms with Crippen LogP contribution in [0.4, 0.5) is 0 Å². The van der Waals surface area contributed by atoms with Gasteiger partial charge in [-0.25, -0.2) is 0 Å². The van der Waals surface area contributed by atoms with Gasteiger partial charge in [0.2, 0.25) is 0 Å². The van der Waals surface area contributed by atoms with Crippen LogP contribution in [-0.4, -0.2) is 20.5 Å². The summed E-state index contributed by atoms with van der Waals surface area (Å²) in [5.41, 5.74) is 13.3. The average molecular weight is 194 g/mol. The van der Waals surface area contributed by atoms with Gasteiger partial charge in [-0.2, -0.15) is 4.79 Å². The molecule has 0 fully saturated rings. The molecule has 0 saturated heterocycles. The summed E-state index contributed by atoms with van der Waals surface area (Å²) in [6.07, 6.45) is 6.85. The van der Waals surface area contributed by atoms with Crippen molar-refractivity contribution in [2.75, 3.05) is 0 Å². The van der Waals surface area contributed by atoms with E-state index in [1.807, 2.05) is 12.1 Å². The van der Waals surface area contributed by atoms with Gasteiger partial charge < -0.3 is 5.53 Å². The first-order chi connectivity index (χ1) is 7.42. The number of fused-ring (bicyclic) bond motifs is 3. The van der Waals surface area contributed by atoms with Crippen LogP contribution in [0, 0.1) is 0 Å². The third-order valence-electron chi connectivity index (χ3n) is 2.54. The number of hydrogen-bond donors (Lipinski definition) is 0. The lowest BCUT2D eigenvalue weighted by molar-refractivity contribution is -0.00247. The van der Waals surface area contributed by atoms with Crippen molar-refractivity contribution in [2.24, 2.45) is 0 Å². The molecule has 4 nitrogen and oxygen atoms in total. The Morgan fingerprint density at radius 1 is 0.867 bits per heavy atom. The van der Waals surface area contributed by atoms with Crippen molar-refractivity contribution in [2.45, 2.75) is 0 Å². The van der Waals surface area contributed by atoms with E-state index in [4.69, 9.17) is 5.53 Å². The molecule has 0 spiro atoms. The van der Waals surface area contributed by atoms with Crippen LogP contribution in [0.2, 0.25) is 0 Å². The Morgan fingerprint density at radius 2 is 1.40 bits per heavy atom. The van der Waals surface area contributed by atoms with Crippen molar-refractivity contribution in [3.63, 3.8) is 0 Å². The highest BCUT2D eigenvalue weighted by molar-refractivity contribution is 6.21. The van der Waals surface area contributed by atoms with E-state index >= 15 is 0 Å². The molecule has 0 aromatic carbocycles. The summed E-state index contributed by atoms with van der Waals surface area (Å²) >= 11 is 0. The molecule has 1 aliphatic rings. The third kappa shape index (κ3) is 0.965. The fourth-order valence-electron chi connectivity index (χ4n) is 1.89. The smallest absolute Gasteiger partial charge is 0.334 e. The van der Waals surface area contributed by atoms with Gasteiger partial charge in [0.05, 0.1) is 11.1 Å². The van der Waals surface area contributed by atoms with Crippen LogP contribution in [0.3, 0.4) is 0 Å². The predicted octanol–water partition coefficient (Wildman–Crippen LogP) is 1.52. The Kier molecular flexibility index (Phi) is 1.52. The summed E-state index contributed by atoms with van der Waals surface area (Å²) in [6, 6.07) is 3.82. The summed E-state index contributed by atoms with van der Waals surface area (Å²) < 4.78 is 0. The monoisotopic (exact) mass is 194 g/mol. The summed E-state index contributed by atoms with van der Waals surface area (Å²) in [6.45, 7) is 0. The number of hydrogen-bond acceptors (Lipinski definition) is 2. The molecule has 3 rings (SSSR count). The lowest BCUT2D eigenvalue weighted by Crippen LogP contribution is -1.99. The molecule has 0 atom stereocenters. The van der Waals surface area contributed by atoms with Crippen LogP contribution < -0.4 is 0 Å². The number of nitrogens with zero attached hydrogens (tertiary/aromatic N) is 4. The van der Waals surface area contributed by atoms with Gasteiger partial charge in [0.1, 0.15) is 0 Å². The average Bonchev–Trinajstić information content (AvgIpc) is 2.63. The second-order valence-electron chi connectivity index (χ2n) is 3.29. The highest BCUT2D eigenvalue weighted by Crippen LogP contribution is 2.34. The summed E-state index contributed by atoms with van der Waals surface area (Å²) in [7, 11) is 0. The van der Waals surface area contributed by atoms with Gasteiger partial charge in [-0.1, -0.05) is 0 Å². The van der Waals surface area contributed by atoms with Crippen LogP contribution in [0.25, 0.3) is 16.7 Å². The van der Waals surface area contributed by atoms with Gasteiger partial charge in [-0.15, -0.1) is 0 Å². The van der Waals surface area contributed by atoms with Gasteiger partial charge in [0.15, 0.2) is 0 Å². The molecule has 4 heteroatoms. The van der Waals surface area contributed by atoms with Crippen molar-refractivity contribution in [3.8, 4) is 11.1 Å². The van der Waals surface area contributed by atoms with E-state index in [1.165, 1.54) is 0 Å². The molecule has 0 N–H and O–H groups in total. The van der Waals surface area contributed by atoms with E-state index in [9.17, 15) is 0 Å². The quantitative estimate of drug-likeness (QED) is 0.402. The fourth-order valence-corrected chi connectivity index (χ4v) is 1.89. The highest BCUT2D eigenvalue weighted by atomic mass is 14.9. The molecule has 2 heterocycles. The molecule has 0 saturated carbocycles. The maximum Gasteiger partial charge on any atom is 0.334 e. The minimum Gasteiger partial charge on any atom is -0.361 e. The number of pyridine rings is 2. The fraction of sp³-hybridized carbons (Fsp3) is 0. The lowest BCUT2D eigenvalue weighted by atomic mass is 10.1. The maximum absolute atomic E-state index is 8.99. The normalized spacial score (nSPS) is 11.9. The molecule has 2 aromatic rings. The number of aromatic nitrogens is 2. The standard InChI is InChI=1S/C11H6N4/c12-15-11-9-5-13-3-1-7(9)8-2-4-14-6-10(8)11/h1-6H. The molecule has 0 aliphatic heterocycles. The Bertz CT molecular complexity index is 550. The van der Waals surface area contributed by atoms with Gasteiger partial charge in [-0.05, 0) is 12.1 Å². The Balaban J connectivity index is 2.47. The van der Waals surface area contributed by atoms with Gasteiger partial charge in [0.25, 0.3) is 0 Å². The summed E-state index contributed by atoms with van der Waals surface area (Å²) in [5.74, 6) is 0. The highest BCUT2D eigenvalue weighted by Gasteiger charge is 2.31. The summed E-state index contributed by atoms with van der Waals surface area (Å²) in [5, 5.41) is 0. The predicted molar refractivity (Wildman–Crippen MR) is 54.3 cm³/mol. The first-order valence-electron chi connectivity index (χ1n) is 4.53. The Hall–Kier alpha value is -2.32. The van der Waals surface area contributed by atoms with Gasteiger partial charge in [0, 0.05) is 35.9 Å². The Labute approximate surface area is 85.9 Å². The minimum atomic E-state index is 0.543. The van der Waals surface area contributed by atoms with Crippen LogP contribution in [0.15, 0.2) is 36.9 Å². The maximum atomic E-state index is 8.99. The van der Waals surface area contributed by atoms with E-state index in [-0.39, 0.29) is 0 Å². The van der Waals surface area contributed by atoms with E-state index in [1.54, 1.807) is 24.8 Å². The molecule has 0 radical (unpaired) electrons. The first kappa shape index (κ1) is 8.03. The summed E-state index contributed by atoms with van der Waals surface area (Å²) in [4.78, 5) is 11.4. The molecule has 0 bridgehead atoms. The van der Waals surface area contributed by atoms with Crippen LogP contribution in [0.5, 0.6) is 0 Å². The molecule has 0 amide bonds. The van der Waals surface area contributed by atoms with Crippen molar-refractivity contribution in [1.29, 1.82) is 0 Å². The van der Waals surface area contributed by atoms with Crippen molar-refractivity contribution < 1.29 is 4.79 Å². The van der Waals surface area contributed by atoms with E-state index in [0.29, 0.717) is 5.71 Å². The largest absolute Gasteiger partial charge is 0.361 e. The van der Waals surface area contributed by atoms with Crippen molar-refractivity contribution in [1.82, 2.24) is 9.97 Å². The molecular formula is C11H6N4. The molecule has 1 aliphatic carbocycles. The van der Waals surface area contributed by atoms with Crippen LogP contribution >= 0.6 is 0 Å². The minimum absolute atomic E-state index is 0.543. The van der Waals surface area contributed by atoms with E-state index in [2.05, 4.69) is 14.8 Å². The van der Waals surface area contributed by atoms with E-state index in [0.717, 1.165) is 22.3 Å². The molecule has 15 heavy (non-hydrogen) atoms.